The predicted molar refractivity (Wildman–Crippen MR) is 82.6 cm³/mol. The average molecular weight is 299 g/mol. The number of nitrogens with zero attached hydrogens (tertiary/aromatic N) is 2. The topological polar surface area (TPSA) is 25.8 Å². The lowest BCUT2D eigenvalue weighted by Gasteiger charge is -2.06. The summed E-state index contributed by atoms with van der Waals surface area (Å²) in [4.78, 5) is 8.71. The third-order valence-electron chi connectivity index (χ3n) is 3.19. The quantitative estimate of drug-likeness (QED) is 0.628. The van der Waals surface area contributed by atoms with Gasteiger partial charge in [-0.25, -0.2) is 14.4 Å². The Morgan fingerprint density at radius 3 is 2.38 bits per heavy atom. The molecule has 4 heteroatoms. The third-order valence-corrected chi connectivity index (χ3v) is 3.39. The average Bonchev–Trinajstić information content (AvgIpc) is 2.50. The molecule has 0 N–H and O–H groups in total. The van der Waals surface area contributed by atoms with Crippen LogP contribution in [0.1, 0.15) is 5.56 Å². The lowest BCUT2D eigenvalue weighted by molar-refractivity contribution is 0.619. The van der Waals surface area contributed by atoms with Gasteiger partial charge in [0.15, 0.2) is 5.82 Å². The van der Waals surface area contributed by atoms with Crippen LogP contribution in [0.15, 0.2) is 54.6 Å². The summed E-state index contributed by atoms with van der Waals surface area (Å²) < 4.78 is 13.7. The van der Waals surface area contributed by atoms with E-state index in [0.717, 1.165) is 5.56 Å². The number of rotatable bonds is 2. The van der Waals surface area contributed by atoms with Gasteiger partial charge >= 0.3 is 0 Å². The molecule has 0 fully saturated rings. The molecule has 3 aromatic rings. The summed E-state index contributed by atoms with van der Waals surface area (Å²) in [7, 11) is 0. The first-order valence-electron chi connectivity index (χ1n) is 6.50. The summed E-state index contributed by atoms with van der Waals surface area (Å²) in [5.74, 6) is 0.266. The maximum Gasteiger partial charge on any atom is 0.161 e. The first-order valence-corrected chi connectivity index (χ1v) is 6.88. The van der Waals surface area contributed by atoms with Crippen LogP contribution < -0.4 is 0 Å². The molecule has 2 aromatic carbocycles. The van der Waals surface area contributed by atoms with Crippen LogP contribution in [0.25, 0.3) is 22.6 Å². The Kier molecular flexibility index (Phi) is 3.67. The summed E-state index contributed by atoms with van der Waals surface area (Å²) in [5, 5.41) is 0.333. The number of hydrogen-bond donors (Lipinski definition) is 0. The Morgan fingerprint density at radius 2 is 1.67 bits per heavy atom. The van der Waals surface area contributed by atoms with Crippen molar-refractivity contribution in [1.82, 2.24) is 9.97 Å². The molecule has 21 heavy (non-hydrogen) atoms. The molecule has 0 aliphatic carbocycles. The molecule has 0 radical (unpaired) electrons. The maximum absolute atomic E-state index is 13.7. The van der Waals surface area contributed by atoms with E-state index in [0.29, 0.717) is 27.8 Å². The van der Waals surface area contributed by atoms with Gasteiger partial charge in [0.05, 0.1) is 5.69 Å². The summed E-state index contributed by atoms with van der Waals surface area (Å²) in [6.07, 6.45) is 0. The van der Waals surface area contributed by atoms with Crippen LogP contribution in [-0.2, 0) is 0 Å². The molecule has 0 aliphatic heterocycles. The monoisotopic (exact) mass is 298 g/mol. The van der Waals surface area contributed by atoms with Crippen LogP contribution in [0.2, 0.25) is 5.15 Å². The van der Waals surface area contributed by atoms with E-state index in [9.17, 15) is 4.39 Å². The van der Waals surface area contributed by atoms with E-state index in [2.05, 4.69) is 9.97 Å². The normalized spacial score (nSPS) is 10.6. The molecule has 104 valence electrons. The van der Waals surface area contributed by atoms with Crippen molar-refractivity contribution in [2.75, 3.05) is 0 Å². The van der Waals surface area contributed by atoms with Crippen LogP contribution >= 0.6 is 11.6 Å². The van der Waals surface area contributed by atoms with Crippen molar-refractivity contribution in [3.8, 4) is 22.6 Å². The zero-order valence-electron chi connectivity index (χ0n) is 11.3. The van der Waals surface area contributed by atoms with E-state index in [-0.39, 0.29) is 5.82 Å². The molecule has 0 saturated heterocycles. The highest BCUT2D eigenvalue weighted by Crippen LogP contribution is 2.25. The van der Waals surface area contributed by atoms with E-state index in [1.807, 2.05) is 36.4 Å². The Labute approximate surface area is 127 Å². The number of halogens is 2. The Hall–Kier alpha value is -2.26. The van der Waals surface area contributed by atoms with Crippen molar-refractivity contribution < 1.29 is 4.39 Å². The number of aryl methyl sites for hydroxylation is 1. The maximum atomic E-state index is 13.7. The van der Waals surface area contributed by atoms with Crippen LogP contribution in [0.3, 0.4) is 0 Å². The number of hydrogen-bond acceptors (Lipinski definition) is 2. The van der Waals surface area contributed by atoms with E-state index in [4.69, 9.17) is 11.6 Å². The lowest BCUT2D eigenvalue weighted by atomic mass is 10.1. The van der Waals surface area contributed by atoms with E-state index >= 15 is 0 Å². The Bertz CT molecular complexity index is 788. The van der Waals surface area contributed by atoms with E-state index < -0.39 is 0 Å². The first kappa shape index (κ1) is 13.7. The zero-order chi connectivity index (χ0) is 14.8. The van der Waals surface area contributed by atoms with E-state index in [1.54, 1.807) is 19.1 Å². The SMILES string of the molecule is Cc1ccc(-c2cc(Cl)nc(-c3ccccc3)n2)cc1F. The summed E-state index contributed by atoms with van der Waals surface area (Å²) in [6.45, 7) is 1.72. The van der Waals surface area contributed by atoms with E-state index in [1.165, 1.54) is 6.07 Å². The van der Waals surface area contributed by atoms with Crippen molar-refractivity contribution in [3.05, 3.63) is 71.1 Å². The van der Waals surface area contributed by atoms with Gasteiger partial charge in [0.25, 0.3) is 0 Å². The minimum atomic E-state index is -0.261. The highest BCUT2D eigenvalue weighted by atomic mass is 35.5. The fourth-order valence-electron chi connectivity index (χ4n) is 2.03. The summed E-state index contributed by atoms with van der Waals surface area (Å²) in [6, 6.07) is 16.2. The van der Waals surface area contributed by atoms with Gasteiger partial charge in [0.1, 0.15) is 11.0 Å². The standard InChI is InChI=1S/C17H12ClFN2/c1-11-7-8-13(9-14(11)19)15-10-16(18)21-17(20-15)12-5-3-2-4-6-12/h2-10H,1H3. The minimum Gasteiger partial charge on any atom is -0.228 e. The molecule has 0 saturated carbocycles. The molecular weight excluding hydrogens is 287 g/mol. The van der Waals surface area contributed by atoms with Gasteiger partial charge in [-0.2, -0.15) is 0 Å². The smallest absolute Gasteiger partial charge is 0.161 e. The zero-order valence-corrected chi connectivity index (χ0v) is 12.1. The van der Waals surface area contributed by atoms with Crippen molar-refractivity contribution in [1.29, 1.82) is 0 Å². The van der Waals surface area contributed by atoms with Gasteiger partial charge in [-0.1, -0.05) is 54.1 Å². The molecule has 2 nitrogen and oxygen atoms in total. The molecule has 0 spiro atoms. The summed E-state index contributed by atoms with van der Waals surface area (Å²) in [5.41, 5.74) is 2.75. The molecular formula is C17H12ClFN2. The Morgan fingerprint density at radius 1 is 0.905 bits per heavy atom. The first-order chi connectivity index (χ1) is 10.1. The van der Waals surface area contributed by atoms with Crippen LogP contribution in [0.5, 0.6) is 0 Å². The highest BCUT2D eigenvalue weighted by Gasteiger charge is 2.09. The summed E-state index contributed by atoms with van der Waals surface area (Å²) >= 11 is 6.08. The van der Waals surface area contributed by atoms with Gasteiger partial charge in [-0.05, 0) is 18.6 Å². The molecule has 1 aromatic heterocycles. The van der Waals surface area contributed by atoms with Gasteiger partial charge in [0.2, 0.25) is 0 Å². The molecule has 0 bridgehead atoms. The predicted octanol–water partition coefficient (Wildman–Crippen LogP) is 4.91. The second-order valence-electron chi connectivity index (χ2n) is 4.73. The van der Waals surface area contributed by atoms with Crippen LogP contribution in [-0.4, -0.2) is 9.97 Å². The molecule has 0 amide bonds. The fourth-order valence-corrected chi connectivity index (χ4v) is 2.22. The lowest BCUT2D eigenvalue weighted by Crippen LogP contribution is -1.94. The second kappa shape index (κ2) is 5.62. The molecule has 3 rings (SSSR count). The number of benzene rings is 2. The van der Waals surface area contributed by atoms with Crippen LogP contribution in [0, 0.1) is 12.7 Å². The van der Waals surface area contributed by atoms with Crippen molar-refractivity contribution in [2.45, 2.75) is 6.92 Å². The van der Waals surface area contributed by atoms with Crippen molar-refractivity contribution in [3.63, 3.8) is 0 Å². The molecule has 0 atom stereocenters. The third kappa shape index (κ3) is 2.93. The minimum absolute atomic E-state index is 0.261. The molecule has 1 heterocycles. The second-order valence-corrected chi connectivity index (χ2v) is 5.12. The van der Waals surface area contributed by atoms with Gasteiger partial charge in [0, 0.05) is 17.2 Å². The van der Waals surface area contributed by atoms with Gasteiger partial charge < -0.3 is 0 Å². The molecule has 0 aliphatic rings. The van der Waals surface area contributed by atoms with Gasteiger partial charge in [-0.15, -0.1) is 0 Å². The largest absolute Gasteiger partial charge is 0.228 e. The fraction of sp³-hybridized carbons (Fsp3) is 0.0588. The van der Waals surface area contributed by atoms with Crippen molar-refractivity contribution in [2.24, 2.45) is 0 Å². The molecule has 0 unspecified atom stereocenters. The number of aromatic nitrogens is 2. The van der Waals surface area contributed by atoms with Crippen molar-refractivity contribution >= 4 is 11.6 Å². The highest BCUT2D eigenvalue weighted by molar-refractivity contribution is 6.29. The Balaban J connectivity index is 2.11. The van der Waals surface area contributed by atoms with Gasteiger partial charge in [-0.3, -0.25) is 0 Å². The van der Waals surface area contributed by atoms with Crippen LogP contribution in [0.4, 0.5) is 4.39 Å².